The Kier molecular flexibility index (Phi) is 9.45. The Balaban J connectivity index is 0.000000161. The molecule has 0 bridgehead atoms. The minimum Gasteiger partial charge on any atom is -0.384 e. The van der Waals surface area contributed by atoms with Crippen LogP contribution in [0.5, 0.6) is 0 Å². The first-order chi connectivity index (χ1) is 18.3. The molecular formula is C31H27Br4IN2O. The molecule has 0 spiro atoms. The van der Waals surface area contributed by atoms with E-state index in [9.17, 15) is 5.11 Å². The molecule has 0 unspecified atom stereocenters. The lowest BCUT2D eigenvalue weighted by atomic mass is 10.0. The van der Waals surface area contributed by atoms with E-state index in [-0.39, 0.29) is 24.0 Å². The molecule has 1 heterocycles. The second-order valence-electron chi connectivity index (χ2n) is 10.1. The van der Waals surface area contributed by atoms with Crippen LogP contribution in [-0.2, 0) is 0 Å². The topological polar surface area (TPSA) is 26.7 Å². The van der Waals surface area contributed by atoms with Crippen LogP contribution in [0.2, 0.25) is 0 Å². The highest BCUT2D eigenvalue weighted by atomic mass is 127. The summed E-state index contributed by atoms with van der Waals surface area (Å²) in [5.74, 6) is 0. The molecule has 3 aliphatic rings. The zero-order chi connectivity index (χ0) is 26.6. The molecule has 7 rings (SSSR count). The number of nitrogens with zero attached hydrogens (tertiary/aromatic N) is 2. The third kappa shape index (κ3) is 5.87. The number of hydrogen-bond donors (Lipinski definition) is 1. The van der Waals surface area contributed by atoms with Crippen LogP contribution in [0.1, 0.15) is 34.4 Å². The fourth-order valence-electron chi connectivity index (χ4n) is 5.83. The van der Waals surface area contributed by atoms with Crippen molar-refractivity contribution in [2.24, 2.45) is 0 Å². The van der Waals surface area contributed by atoms with Crippen LogP contribution in [-0.4, -0.2) is 48.1 Å². The quantitative estimate of drug-likeness (QED) is 0.193. The number of aliphatic hydroxyl groups is 1. The lowest BCUT2D eigenvalue weighted by Gasteiger charge is -2.37. The molecular weight excluding hydrogens is 863 g/mol. The van der Waals surface area contributed by atoms with Crippen LogP contribution in [0.4, 0.5) is 0 Å². The molecule has 0 aromatic heterocycles. The van der Waals surface area contributed by atoms with E-state index in [1.807, 2.05) is 36.4 Å². The normalized spacial score (nSPS) is 16.5. The first-order valence-corrected chi connectivity index (χ1v) is 15.8. The van der Waals surface area contributed by atoms with Gasteiger partial charge in [-0.1, -0.05) is 88.0 Å². The summed E-state index contributed by atoms with van der Waals surface area (Å²) >= 11 is 14.2. The van der Waals surface area contributed by atoms with Crippen molar-refractivity contribution >= 4 is 87.7 Å². The molecule has 0 radical (unpaired) electrons. The third-order valence-corrected chi connectivity index (χ3v) is 9.69. The van der Waals surface area contributed by atoms with Gasteiger partial charge in [0.15, 0.2) is 0 Å². The van der Waals surface area contributed by atoms with E-state index in [0.29, 0.717) is 6.04 Å². The van der Waals surface area contributed by atoms with Crippen molar-refractivity contribution in [3.05, 3.63) is 113 Å². The van der Waals surface area contributed by atoms with E-state index in [0.717, 1.165) is 66.3 Å². The average molecular weight is 890 g/mol. The van der Waals surface area contributed by atoms with E-state index < -0.39 is 6.10 Å². The minimum absolute atomic E-state index is 0. The Labute approximate surface area is 280 Å². The number of hydrogen-bond acceptors (Lipinski definition) is 3. The largest absolute Gasteiger partial charge is 0.384 e. The van der Waals surface area contributed by atoms with Crippen molar-refractivity contribution in [3.8, 4) is 22.3 Å². The van der Waals surface area contributed by atoms with Gasteiger partial charge in [-0.2, -0.15) is 0 Å². The molecule has 0 amide bonds. The highest BCUT2D eigenvalue weighted by Gasteiger charge is 2.34. The maximum Gasteiger partial charge on any atom is 0.105 e. The Morgan fingerprint density at radius 1 is 0.564 bits per heavy atom. The number of aliphatic hydroxyl groups excluding tert-OH is 1. The third-order valence-electron chi connectivity index (χ3n) is 7.72. The van der Waals surface area contributed by atoms with Crippen LogP contribution in [0, 0.1) is 0 Å². The van der Waals surface area contributed by atoms with Gasteiger partial charge in [-0.3, -0.25) is 4.90 Å². The van der Waals surface area contributed by atoms with Gasteiger partial charge < -0.3 is 10.0 Å². The average Bonchev–Trinajstić information content (AvgIpc) is 3.35. The molecule has 39 heavy (non-hydrogen) atoms. The van der Waals surface area contributed by atoms with E-state index in [4.69, 9.17) is 0 Å². The molecule has 4 aromatic rings. The van der Waals surface area contributed by atoms with Crippen LogP contribution in [0.3, 0.4) is 0 Å². The molecule has 202 valence electrons. The number of piperazine rings is 1. The van der Waals surface area contributed by atoms with Gasteiger partial charge in [-0.15, -0.1) is 24.0 Å². The fourth-order valence-corrected chi connectivity index (χ4v) is 7.34. The molecule has 1 fully saturated rings. The summed E-state index contributed by atoms with van der Waals surface area (Å²) in [7, 11) is 2.21. The molecule has 3 nitrogen and oxygen atoms in total. The van der Waals surface area contributed by atoms with Crippen LogP contribution >= 0.6 is 87.7 Å². The van der Waals surface area contributed by atoms with Gasteiger partial charge in [0.05, 0.1) is 6.04 Å². The molecule has 2 aliphatic carbocycles. The second kappa shape index (κ2) is 12.3. The van der Waals surface area contributed by atoms with E-state index in [1.54, 1.807) is 0 Å². The summed E-state index contributed by atoms with van der Waals surface area (Å²) < 4.78 is 4.32. The predicted octanol–water partition coefficient (Wildman–Crippen LogP) is 9.42. The standard InChI is InChI=1S/C18H18Br2N2.C13H8Br2O.HI/c1-21-6-8-22(9-7-21)18-16-10-12(19)2-4-14(16)15-5-3-13(20)11-17(15)18;14-7-1-3-9-10-4-2-8(15)6-12(10)13(16)11(9)5-7;/h2-5,10-11,18H,6-9H2,1H3;1-6,13,16H;1H. The van der Waals surface area contributed by atoms with Gasteiger partial charge in [-0.25, -0.2) is 0 Å². The van der Waals surface area contributed by atoms with Crippen molar-refractivity contribution in [1.82, 2.24) is 9.80 Å². The van der Waals surface area contributed by atoms with Gasteiger partial charge in [0.2, 0.25) is 0 Å². The van der Waals surface area contributed by atoms with Crippen molar-refractivity contribution in [2.75, 3.05) is 33.2 Å². The number of halogens is 5. The number of rotatable bonds is 1. The number of benzene rings is 4. The Morgan fingerprint density at radius 2 is 0.897 bits per heavy atom. The lowest BCUT2D eigenvalue weighted by molar-refractivity contribution is 0.129. The highest BCUT2D eigenvalue weighted by Crippen LogP contribution is 2.48. The zero-order valence-electron chi connectivity index (χ0n) is 21.2. The van der Waals surface area contributed by atoms with Gasteiger partial charge in [0.25, 0.3) is 0 Å². The molecule has 0 saturated carbocycles. The summed E-state index contributed by atoms with van der Waals surface area (Å²) in [6.45, 7) is 4.53. The Morgan fingerprint density at radius 3 is 1.28 bits per heavy atom. The van der Waals surface area contributed by atoms with Gasteiger partial charge in [-0.05, 0) is 100 Å². The van der Waals surface area contributed by atoms with Crippen molar-refractivity contribution < 1.29 is 5.11 Å². The molecule has 1 aliphatic heterocycles. The minimum atomic E-state index is -0.514. The monoisotopic (exact) mass is 886 g/mol. The summed E-state index contributed by atoms with van der Waals surface area (Å²) in [5, 5.41) is 10.2. The van der Waals surface area contributed by atoms with Gasteiger partial charge in [0.1, 0.15) is 6.10 Å². The predicted molar refractivity (Wildman–Crippen MR) is 185 cm³/mol. The first kappa shape index (κ1) is 29.9. The SMILES string of the molecule is CN1CCN(C2c3cc(Br)ccc3-c3ccc(Br)cc32)CC1.I.OC1c2cc(Br)ccc2-c2ccc(Br)cc21. The van der Waals surface area contributed by atoms with Crippen molar-refractivity contribution in [3.63, 3.8) is 0 Å². The summed E-state index contributed by atoms with van der Waals surface area (Å²) in [5.41, 5.74) is 9.84. The molecule has 1 N–H and O–H groups in total. The second-order valence-corrected chi connectivity index (χ2v) is 13.7. The van der Waals surface area contributed by atoms with Crippen molar-refractivity contribution in [1.29, 1.82) is 0 Å². The Hall–Kier alpha value is -0.590. The molecule has 8 heteroatoms. The van der Waals surface area contributed by atoms with Crippen LogP contribution in [0.15, 0.2) is 90.7 Å². The fraction of sp³-hybridized carbons (Fsp3) is 0.226. The van der Waals surface area contributed by atoms with Crippen LogP contribution < -0.4 is 0 Å². The number of likely N-dealkylation sites (N-methyl/N-ethyl adjacent to an activating group) is 1. The van der Waals surface area contributed by atoms with E-state index in [2.05, 4.69) is 117 Å². The van der Waals surface area contributed by atoms with E-state index in [1.165, 1.54) is 22.3 Å². The first-order valence-electron chi connectivity index (χ1n) is 12.6. The maximum atomic E-state index is 10.2. The molecule has 4 aromatic carbocycles. The lowest BCUT2D eigenvalue weighted by Crippen LogP contribution is -2.45. The van der Waals surface area contributed by atoms with E-state index >= 15 is 0 Å². The smallest absolute Gasteiger partial charge is 0.105 e. The number of fused-ring (bicyclic) bond motifs is 6. The molecule has 0 atom stereocenters. The summed E-state index contributed by atoms with van der Waals surface area (Å²) in [6, 6.07) is 25.8. The highest BCUT2D eigenvalue weighted by molar-refractivity contribution is 14.0. The van der Waals surface area contributed by atoms with Crippen LogP contribution in [0.25, 0.3) is 22.3 Å². The van der Waals surface area contributed by atoms with Crippen molar-refractivity contribution in [2.45, 2.75) is 12.1 Å². The molecule has 1 saturated heterocycles. The maximum absolute atomic E-state index is 10.2. The van der Waals surface area contributed by atoms with Gasteiger partial charge in [0, 0.05) is 44.1 Å². The van der Waals surface area contributed by atoms with Gasteiger partial charge >= 0.3 is 0 Å². The zero-order valence-corrected chi connectivity index (χ0v) is 29.8. The Bertz CT molecular complexity index is 1430. The summed E-state index contributed by atoms with van der Waals surface area (Å²) in [4.78, 5) is 5.04. The summed E-state index contributed by atoms with van der Waals surface area (Å²) in [6.07, 6.45) is -0.514.